The molecule has 0 saturated carbocycles. The Morgan fingerprint density at radius 2 is 2.05 bits per heavy atom. The summed E-state index contributed by atoms with van der Waals surface area (Å²) in [6, 6.07) is 5.80. The highest BCUT2D eigenvalue weighted by Crippen LogP contribution is 2.10. The lowest BCUT2D eigenvalue weighted by atomic mass is 10.1. The lowest BCUT2D eigenvalue weighted by molar-refractivity contribution is -0.142. The molecule has 1 heterocycles. The van der Waals surface area contributed by atoms with Gasteiger partial charge in [-0.25, -0.2) is 4.79 Å². The van der Waals surface area contributed by atoms with Gasteiger partial charge in [-0.2, -0.15) is 0 Å². The second-order valence-electron chi connectivity index (χ2n) is 4.89. The lowest BCUT2D eigenvalue weighted by Gasteiger charge is -2.17. The summed E-state index contributed by atoms with van der Waals surface area (Å²) >= 11 is 2.16. The summed E-state index contributed by atoms with van der Waals surface area (Å²) in [7, 11) is 0. The topological polar surface area (TPSA) is 95.5 Å². The second-order valence-corrected chi connectivity index (χ2v) is 6.13. The number of hydrogen-bond acceptors (Lipinski definition) is 3. The molecule has 3 N–H and O–H groups in total. The first-order chi connectivity index (χ1) is 9.95. The van der Waals surface area contributed by atoms with Crippen LogP contribution in [0, 0.1) is 3.57 Å². The van der Waals surface area contributed by atoms with E-state index in [0.29, 0.717) is 12.8 Å². The molecule has 1 aliphatic rings. The minimum atomic E-state index is -1.09. The molecule has 2 rings (SSSR count). The van der Waals surface area contributed by atoms with Crippen LogP contribution >= 0.6 is 22.6 Å². The van der Waals surface area contributed by atoms with E-state index in [-0.39, 0.29) is 12.3 Å². The molecular formula is C14H15IN2O4. The zero-order chi connectivity index (χ0) is 15.4. The van der Waals surface area contributed by atoms with Gasteiger partial charge in [0.05, 0.1) is 0 Å². The van der Waals surface area contributed by atoms with Gasteiger partial charge in [-0.15, -0.1) is 0 Å². The van der Waals surface area contributed by atoms with Gasteiger partial charge in [-0.1, -0.05) is 12.1 Å². The number of carbonyl (C=O) groups is 3. The minimum Gasteiger partial charge on any atom is -0.480 e. The Kier molecular flexibility index (Phi) is 5.16. The van der Waals surface area contributed by atoms with E-state index in [1.807, 2.05) is 24.3 Å². The van der Waals surface area contributed by atoms with Crippen molar-refractivity contribution in [2.45, 2.75) is 31.3 Å². The largest absolute Gasteiger partial charge is 0.480 e. The molecule has 1 saturated heterocycles. The average Bonchev–Trinajstić information content (AvgIpc) is 2.87. The first-order valence-electron chi connectivity index (χ1n) is 6.52. The van der Waals surface area contributed by atoms with E-state index in [1.165, 1.54) is 0 Å². The maximum Gasteiger partial charge on any atom is 0.326 e. The summed E-state index contributed by atoms with van der Waals surface area (Å²) in [6.45, 7) is 0. The standard InChI is InChI=1S/C14H15IN2O4/c15-9-3-1-8(2-4-9)7-11(14(20)21)17-13(19)10-5-6-12(18)16-10/h1-4,10-11H,5-7H2,(H,16,18)(H,17,19)(H,20,21)/t10-,11-/m1/s1. The van der Waals surface area contributed by atoms with E-state index in [9.17, 15) is 19.5 Å². The van der Waals surface area contributed by atoms with Crippen LogP contribution in [-0.4, -0.2) is 35.0 Å². The predicted molar refractivity (Wildman–Crippen MR) is 83.6 cm³/mol. The molecule has 1 aromatic rings. The molecule has 6 nitrogen and oxygen atoms in total. The maximum absolute atomic E-state index is 12.0. The second kappa shape index (κ2) is 6.88. The highest BCUT2D eigenvalue weighted by Gasteiger charge is 2.30. The first kappa shape index (κ1) is 15.7. The van der Waals surface area contributed by atoms with Gasteiger partial charge in [0.2, 0.25) is 11.8 Å². The van der Waals surface area contributed by atoms with Crippen molar-refractivity contribution in [3.63, 3.8) is 0 Å². The number of nitrogens with one attached hydrogen (secondary N) is 2. The van der Waals surface area contributed by atoms with Gasteiger partial charge in [0.1, 0.15) is 12.1 Å². The third-order valence-electron chi connectivity index (χ3n) is 3.28. The van der Waals surface area contributed by atoms with E-state index >= 15 is 0 Å². The van der Waals surface area contributed by atoms with Crippen LogP contribution in [0.5, 0.6) is 0 Å². The Bertz CT molecular complexity index is 559. The van der Waals surface area contributed by atoms with Crippen LogP contribution in [0.15, 0.2) is 24.3 Å². The van der Waals surface area contributed by atoms with Gasteiger partial charge in [-0.3, -0.25) is 9.59 Å². The van der Waals surface area contributed by atoms with Gasteiger partial charge in [0.15, 0.2) is 0 Å². The third-order valence-corrected chi connectivity index (χ3v) is 4.00. The highest BCUT2D eigenvalue weighted by atomic mass is 127. The molecule has 0 aliphatic carbocycles. The number of benzene rings is 1. The van der Waals surface area contributed by atoms with Crippen LogP contribution in [0.25, 0.3) is 0 Å². The molecule has 0 unspecified atom stereocenters. The predicted octanol–water partition coefficient (Wildman–Crippen LogP) is 0.682. The Morgan fingerprint density at radius 1 is 1.38 bits per heavy atom. The molecule has 1 aliphatic heterocycles. The molecule has 2 atom stereocenters. The number of carbonyl (C=O) groups excluding carboxylic acids is 2. The number of carboxylic acid groups (broad SMARTS) is 1. The van der Waals surface area contributed by atoms with Crippen molar-refractivity contribution in [3.8, 4) is 0 Å². The van der Waals surface area contributed by atoms with Crippen molar-refractivity contribution in [1.82, 2.24) is 10.6 Å². The van der Waals surface area contributed by atoms with E-state index in [1.54, 1.807) is 0 Å². The van der Waals surface area contributed by atoms with Crippen LogP contribution in [0.1, 0.15) is 18.4 Å². The molecule has 2 amide bonds. The first-order valence-corrected chi connectivity index (χ1v) is 7.60. The monoisotopic (exact) mass is 402 g/mol. The summed E-state index contributed by atoms with van der Waals surface area (Å²) in [5.41, 5.74) is 0.832. The van der Waals surface area contributed by atoms with E-state index in [0.717, 1.165) is 9.13 Å². The van der Waals surface area contributed by atoms with Crippen LogP contribution in [0.4, 0.5) is 0 Å². The van der Waals surface area contributed by atoms with Gasteiger partial charge in [0.25, 0.3) is 0 Å². The fourth-order valence-electron chi connectivity index (χ4n) is 2.14. The fraction of sp³-hybridized carbons (Fsp3) is 0.357. The Hall–Kier alpha value is -1.64. The van der Waals surface area contributed by atoms with Crippen LogP contribution in [0.3, 0.4) is 0 Å². The summed E-state index contributed by atoms with van der Waals surface area (Å²) in [5.74, 6) is -1.72. The summed E-state index contributed by atoms with van der Waals surface area (Å²) in [5, 5.41) is 14.2. The van der Waals surface area contributed by atoms with Crippen molar-refractivity contribution in [2.75, 3.05) is 0 Å². The number of carboxylic acids is 1. The maximum atomic E-state index is 12.0. The van der Waals surface area contributed by atoms with Crippen LogP contribution in [0.2, 0.25) is 0 Å². The summed E-state index contributed by atoms with van der Waals surface area (Å²) in [4.78, 5) is 34.3. The Balaban J connectivity index is 1.99. The van der Waals surface area contributed by atoms with Gasteiger partial charge >= 0.3 is 5.97 Å². The van der Waals surface area contributed by atoms with Gasteiger partial charge < -0.3 is 15.7 Å². The molecule has 0 bridgehead atoms. The molecular weight excluding hydrogens is 387 g/mol. The SMILES string of the molecule is O=C1CC[C@H](C(=O)N[C@H](Cc2ccc(I)cc2)C(=O)O)N1. The Morgan fingerprint density at radius 3 is 2.57 bits per heavy atom. The molecule has 0 aromatic heterocycles. The molecule has 7 heteroatoms. The van der Waals surface area contributed by atoms with Gasteiger partial charge in [0, 0.05) is 16.4 Å². The molecule has 21 heavy (non-hydrogen) atoms. The summed E-state index contributed by atoms with van der Waals surface area (Å²) in [6.07, 6.45) is 0.909. The zero-order valence-corrected chi connectivity index (χ0v) is 13.3. The lowest BCUT2D eigenvalue weighted by Crippen LogP contribution is -2.49. The van der Waals surface area contributed by atoms with Crippen molar-refractivity contribution >= 4 is 40.4 Å². The van der Waals surface area contributed by atoms with Crippen molar-refractivity contribution in [2.24, 2.45) is 0 Å². The van der Waals surface area contributed by atoms with Crippen molar-refractivity contribution in [3.05, 3.63) is 33.4 Å². The number of amides is 2. The molecule has 1 fully saturated rings. The third kappa shape index (κ3) is 4.42. The number of aliphatic carboxylic acids is 1. The number of halogens is 1. The number of rotatable bonds is 5. The van der Waals surface area contributed by atoms with E-state index in [4.69, 9.17) is 0 Å². The Labute approximate surface area is 135 Å². The van der Waals surface area contributed by atoms with Gasteiger partial charge in [-0.05, 0) is 46.7 Å². The quantitative estimate of drug-likeness (QED) is 0.632. The molecule has 1 aromatic carbocycles. The smallest absolute Gasteiger partial charge is 0.326 e. The normalized spacial score (nSPS) is 18.9. The molecule has 0 spiro atoms. The minimum absolute atomic E-state index is 0.181. The fourth-order valence-corrected chi connectivity index (χ4v) is 2.50. The molecule has 112 valence electrons. The molecule has 0 radical (unpaired) electrons. The van der Waals surface area contributed by atoms with Crippen LogP contribution < -0.4 is 10.6 Å². The average molecular weight is 402 g/mol. The van der Waals surface area contributed by atoms with Crippen molar-refractivity contribution in [1.29, 1.82) is 0 Å². The highest BCUT2D eigenvalue weighted by molar-refractivity contribution is 14.1. The number of hydrogen-bond donors (Lipinski definition) is 3. The van der Waals surface area contributed by atoms with Crippen LogP contribution in [-0.2, 0) is 20.8 Å². The van der Waals surface area contributed by atoms with E-state index < -0.39 is 24.0 Å². The van der Waals surface area contributed by atoms with Crippen molar-refractivity contribution < 1.29 is 19.5 Å². The zero-order valence-electron chi connectivity index (χ0n) is 11.1. The van der Waals surface area contributed by atoms with E-state index in [2.05, 4.69) is 33.2 Å². The summed E-state index contributed by atoms with van der Waals surface area (Å²) < 4.78 is 1.06.